The molecule has 0 aliphatic heterocycles. The van der Waals surface area contributed by atoms with Crippen LogP contribution in [-0.2, 0) is 22.4 Å². The minimum absolute atomic E-state index is 0. The first kappa shape index (κ1) is 24.3. The zero-order valence-electron chi connectivity index (χ0n) is 16.8. The number of halogens is 2. The Kier molecular flexibility index (Phi) is 9.24. The molecule has 6 nitrogen and oxygen atoms in total. The average molecular weight is 456 g/mol. The average Bonchev–Trinajstić information content (AvgIpc) is 2.72. The first-order chi connectivity index (χ1) is 14.0. The first-order valence-electron chi connectivity index (χ1n) is 9.76. The number of esters is 1. The van der Waals surface area contributed by atoms with Crippen LogP contribution in [0.15, 0.2) is 36.4 Å². The number of aromatic hydroxyl groups is 1. The van der Waals surface area contributed by atoms with Crippen LogP contribution < -0.4 is 10.1 Å². The van der Waals surface area contributed by atoms with Crippen LogP contribution in [0.2, 0.25) is 5.02 Å². The minimum atomic E-state index is -0.714. The highest BCUT2D eigenvalue weighted by Gasteiger charge is 2.20. The van der Waals surface area contributed by atoms with Gasteiger partial charge in [0, 0.05) is 12.6 Å². The highest BCUT2D eigenvalue weighted by Crippen LogP contribution is 2.28. The van der Waals surface area contributed by atoms with Crippen LogP contribution in [0, 0.1) is 0 Å². The molecule has 0 heterocycles. The molecule has 0 amide bonds. The summed E-state index contributed by atoms with van der Waals surface area (Å²) in [6.45, 7) is 2.38. The highest BCUT2D eigenvalue weighted by molar-refractivity contribution is 6.32. The van der Waals surface area contributed by atoms with E-state index in [4.69, 9.17) is 21.1 Å². The van der Waals surface area contributed by atoms with E-state index in [2.05, 4.69) is 5.32 Å². The van der Waals surface area contributed by atoms with Crippen molar-refractivity contribution in [2.75, 3.05) is 19.8 Å². The van der Waals surface area contributed by atoms with Crippen LogP contribution in [0.4, 0.5) is 0 Å². The van der Waals surface area contributed by atoms with Crippen molar-refractivity contribution in [3.05, 3.63) is 58.1 Å². The van der Waals surface area contributed by atoms with Gasteiger partial charge in [-0.15, -0.1) is 12.4 Å². The number of carbonyl (C=O) groups excluding carboxylic acids is 1. The molecule has 1 aliphatic carbocycles. The van der Waals surface area contributed by atoms with Gasteiger partial charge in [-0.25, -0.2) is 4.79 Å². The molecule has 164 valence electrons. The maximum Gasteiger partial charge on any atom is 0.344 e. The lowest BCUT2D eigenvalue weighted by Crippen LogP contribution is -2.37. The Morgan fingerprint density at radius 1 is 1.27 bits per heavy atom. The first-order valence-corrected chi connectivity index (χ1v) is 10.1. The van der Waals surface area contributed by atoms with Crippen LogP contribution in [0.1, 0.15) is 36.1 Å². The van der Waals surface area contributed by atoms with Gasteiger partial charge in [0.1, 0.15) is 11.5 Å². The van der Waals surface area contributed by atoms with Crippen LogP contribution in [0.3, 0.4) is 0 Å². The molecule has 0 saturated carbocycles. The third kappa shape index (κ3) is 6.51. The van der Waals surface area contributed by atoms with E-state index in [9.17, 15) is 15.0 Å². The Morgan fingerprint density at radius 3 is 2.80 bits per heavy atom. The zero-order chi connectivity index (χ0) is 20.8. The summed E-state index contributed by atoms with van der Waals surface area (Å²) in [6, 6.07) is 10.8. The summed E-state index contributed by atoms with van der Waals surface area (Å²) in [5.74, 6) is 0.268. The lowest BCUT2D eigenvalue weighted by Gasteiger charge is -2.27. The number of phenolic OH excluding ortho intramolecular Hbond substituents is 1. The molecule has 3 rings (SSSR count). The number of hydrogen-bond donors (Lipinski definition) is 3. The van der Waals surface area contributed by atoms with Gasteiger partial charge in [-0.3, -0.25) is 0 Å². The number of carbonyl (C=O) groups is 1. The summed E-state index contributed by atoms with van der Waals surface area (Å²) in [5.41, 5.74) is 3.11. The standard InChI is InChI=1S/C22H26ClNO5.ClH/c1-2-28-22(27)13-29-18-7-4-14-3-6-17(9-16(14)10-18)24-12-21(26)15-5-8-20(25)19(23)11-15;/h4-5,7-8,10-11,17,21,24-26H,2-3,6,9,12-13H2,1H3;1H/t17-,21?;/m0./s1. The molecule has 0 radical (unpaired) electrons. The number of fused-ring (bicyclic) bond motifs is 1. The van der Waals surface area contributed by atoms with Gasteiger partial charge in [-0.2, -0.15) is 0 Å². The number of nitrogens with one attached hydrogen (secondary N) is 1. The Balaban J connectivity index is 0.00000320. The van der Waals surface area contributed by atoms with E-state index in [0.717, 1.165) is 19.3 Å². The molecular weight excluding hydrogens is 429 g/mol. The van der Waals surface area contributed by atoms with E-state index >= 15 is 0 Å². The largest absolute Gasteiger partial charge is 0.506 e. The second-order valence-electron chi connectivity index (χ2n) is 7.10. The van der Waals surface area contributed by atoms with E-state index in [0.29, 0.717) is 24.5 Å². The van der Waals surface area contributed by atoms with Crippen LogP contribution >= 0.6 is 24.0 Å². The topological polar surface area (TPSA) is 88.0 Å². The summed E-state index contributed by atoms with van der Waals surface area (Å²) in [6.07, 6.45) is 2.01. The fourth-order valence-corrected chi connectivity index (χ4v) is 3.66. The smallest absolute Gasteiger partial charge is 0.344 e. The van der Waals surface area contributed by atoms with Crippen molar-refractivity contribution < 1.29 is 24.5 Å². The summed E-state index contributed by atoms with van der Waals surface area (Å²) in [4.78, 5) is 11.5. The van der Waals surface area contributed by atoms with Crippen molar-refractivity contribution in [2.45, 2.75) is 38.3 Å². The molecule has 2 atom stereocenters. The van der Waals surface area contributed by atoms with Gasteiger partial charge in [-0.05, 0) is 67.1 Å². The Hall–Kier alpha value is -1.99. The number of ether oxygens (including phenoxy) is 2. The number of rotatable bonds is 8. The van der Waals surface area contributed by atoms with Crippen molar-refractivity contribution in [3.63, 3.8) is 0 Å². The molecule has 0 saturated heterocycles. The second-order valence-corrected chi connectivity index (χ2v) is 7.51. The van der Waals surface area contributed by atoms with Crippen molar-refractivity contribution in [2.24, 2.45) is 0 Å². The predicted molar refractivity (Wildman–Crippen MR) is 118 cm³/mol. The summed E-state index contributed by atoms with van der Waals surface area (Å²) >= 11 is 5.92. The minimum Gasteiger partial charge on any atom is -0.506 e. The van der Waals surface area contributed by atoms with Crippen molar-refractivity contribution in [1.29, 1.82) is 0 Å². The number of aliphatic hydroxyl groups is 1. The van der Waals surface area contributed by atoms with Crippen molar-refractivity contribution >= 4 is 30.0 Å². The Bertz CT molecular complexity index is 861. The molecular formula is C22H27Cl2NO5. The monoisotopic (exact) mass is 455 g/mol. The van der Waals surface area contributed by atoms with Crippen molar-refractivity contribution in [1.82, 2.24) is 5.32 Å². The third-order valence-corrected chi connectivity index (χ3v) is 5.33. The predicted octanol–water partition coefficient (Wildman–Crippen LogP) is 3.59. The molecule has 2 aromatic rings. The fourth-order valence-electron chi connectivity index (χ4n) is 3.47. The second kappa shape index (κ2) is 11.4. The molecule has 0 fully saturated rings. The van der Waals surface area contributed by atoms with E-state index in [1.807, 2.05) is 18.2 Å². The van der Waals surface area contributed by atoms with Crippen LogP contribution in [0.5, 0.6) is 11.5 Å². The number of phenols is 1. The van der Waals surface area contributed by atoms with Crippen molar-refractivity contribution in [3.8, 4) is 11.5 Å². The van der Waals surface area contributed by atoms with Gasteiger partial charge in [0.05, 0.1) is 17.7 Å². The lowest BCUT2D eigenvalue weighted by molar-refractivity contribution is -0.145. The van der Waals surface area contributed by atoms with Gasteiger partial charge in [0.25, 0.3) is 0 Å². The summed E-state index contributed by atoms with van der Waals surface area (Å²) < 4.78 is 10.4. The van der Waals surface area contributed by atoms with E-state index < -0.39 is 6.10 Å². The molecule has 1 unspecified atom stereocenters. The van der Waals surface area contributed by atoms with E-state index in [1.165, 1.54) is 17.2 Å². The number of hydrogen-bond acceptors (Lipinski definition) is 6. The van der Waals surface area contributed by atoms with E-state index in [-0.39, 0.29) is 41.8 Å². The molecule has 2 aromatic carbocycles. The number of benzene rings is 2. The van der Waals surface area contributed by atoms with Crippen LogP contribution in [0.25, 0.3) is 0 Å². The van der Waals surface area contributed by atoms with Gasteiger partial charge < -0.3 is 25.0 Å². The Morgan fingerprint density at radius 2 is 2.07 bits per heavy atom. The fraction of sp³-hybridized carbons (Fsp3) is 0.409. The maximum atomic E-state index is 11.5. The van der Waals surface area contributed by atoms with Gasteiger partial charge in [0.2, 0.25) is 0 Å². The number of aryl methyl sites for hydroxylation is 1. The van der Waals surface area contributed by atoms with Gasteiger partial charge in [0.15, 0.2) is 6.61 Å². The quantitative estimate of drug-likeness (QED) is 0.527. The SMILES string of the molecule is CCOC(=O)COc1ccc2c(c1)C[C@@H](NCC(O)c1ccc(O)c(Cl)c1)CC2.Cl. The molecule has 1 aliphatic rings. The summed E-state index contributed by atoms with van der Waals surface area (Å²) in [7, 11) is 0. The maximum absolute atomic E-state index is 11.5. The molecule has 8 heteroatoms. The third-order valence-electron chi connectivity index (χ3n) is 5.02. The highest BCUT2D eigenvalue weighted by atomic mass is 35.5. The number of aliphatic hydroxyl groups excluding tert-OH is 1. The van der Waals surface area contributed by atoms with E-state index in [1.54, 1.807) is 19.1 Å². The van der Waals surface area contributed by atoms with Gasteiger partial charge >= 0.3 is 5.97 Å². The molecule has 0 aromatic heterocycles. The summed E-state index contributed by atoms with van der Waals surface area (Å²) in [5, 5.41) is 23.5. The molecule has 0 spiro atoms. The Labute approximate surface area is 187 Å². The lowest BCUT2D eigenvalue weighted by atomic mass is 9.88. The van der Waals surface area contributed by atoms with Gasteiger partial charge in [-0.1, -0.05) is 23.7 Å². The normalized spacial score (nSPS) is 16.2. The molecule has 0 bridgehead atoms. The van der Waals surface area contributed by atoms with Crippen LogP contribution in [-0.4, -0.2) is 42.0 Å². The molecule has 3 N–H and O–H groups in total. The zero-order valence-corrected chi connectivity index (χ0v) is 18.3. The molecule has 30 heavy (non-hydrogen) atoms.